The van der Waals surface area contributed by atoms with Crippen molar-refractivity contribution >= 4 is 27.5 Å². The second-order valence-corrected chi connectivity index (χ2v) is 6.45. The standard InChI is InChI=1S/C16H18BrClN2O/c1-10(2)19-8-12-7-16(20-9-14(12)18)21-15-5-4-11(3)6-13(15)17/h4-7,9-10,19H,8H2,1-3H3. The quantitative estimate of drug-likeness (QED) is 0.796. The zero-order valence-electron chi connectivity index (χ0n) is 12.3. The molecule has 0 spiro atoms. The molecular weight excluding hydrogens is 352 g/mol. The van der Waals surface area contributed by atoms with Crippen molar-refractivity contribution in [3.05, 3.63) is 51.1 Å². The molecule has 112 valence electrons. The molecule has 0 fully saturated rings. The number of aryl methyl sites for hydroxylation is 1. The highest BCUT2D eigenvalue weighted by Crippen LogP contribution is 2.30. The van der Waals surface area contributed by atoms with Gasteiger partial charge in [-0.15, -0.1) is 0 Å². The van der Waals surface area contributed by atoms with Crippen LogP contribution >= 0.6 is 27.5 Å². The van der Waals surface area contributed by atoms with Crippen molar-refractivity contribution in [2.45, 2.75) is 33.4 Å². The van der Waals surface area contributed by atoms with Crippen LogP contribution in [0.4, 0.5) is 0 Å². The fourth-order valence-corrected chi connectivity index (χ4v) is 2.51. The molecular formula is C16H18BrClN2O. The van der Waals surface area contributed by atoms with Crippen molar-refractivity contribution in [2.75, 3.05) is 0 Å². The van der Waals surface area contributed by atoms with Gasteiger partial charge in [0.25, 0.3) is 0 Å². The number of halogens is 2. The van der Waals surface area contributed by atoms with E-state index in [0.29, 0.717) is 23.5 Å². The Balaban J connectivity index is 2.18. The molecule has 1 N–H and O–H groups in total. The normalized spacial score (nSPS) is 11.0. The number of hydrogen-bond acceptors (Lipinski definition) is 3. The first-order chi connectivity index (χ1) is 9.95. The van der Waals surface area contributed by atoms with E-state index in [1.807, 2.05) is 31.2 Å². The highest BCUT2D eigenvalue weighted by molar-refractivity contribution is 9.10. The van der Waals surface area contributed by atoms with Gasteiger partial charge in [0.2, 0.25) is 5.88 Å². The van der Waals surface area contributed by atoms with Gasteiger partial charge in [0.1, 0.15) is 5.75 Å². The van der Waals surface area contributed by atoms with E-state index in [1.54, 1.807) is 6.20 Å². The summed E-state index contributed by atoms with van der Waals surface area (Å²) in [6.07, 6.45) is 1.62. The van der Waals surface area contributed by atoms with Gasteiger partial charge >= 0.3 is 0 Å². The number of hydrogen-bond donors (Lipinski definition) is 1. The Kier molecular flexibility index (Phi) is 5.62. The van der Waals surface area contributed by atoms with Crippen LogP contribution in [0.5, 0.6) is 11.6 Å². The van der Waals surface area contributed by atoms with Crippen LogP contribution in [0, 0.1) is 6.92 Å². The number of pyridine rings is 1. The minimum Gasteiger partial charge on any atom is -0.438 e. The van der Waals surface area contributed by atoms with E-state index in [0.717, 1.165) is 15.8 Å². The Hall–Kier alpha value is -1.10. The molecule has 2 aromatic rings. The molecule has 1 aromatic carbocycles. The van der Waals surface area contributed by atoms with Crippen LogP contribution < -0.4 is 10.1 Å². The van der Waals surface area contributed by atoms with Gasteiger partial charge in [-0.05, 0) is 46.1 Å². The molecule has 1 heterocycles. The summed E-state index contributed by atoms with van der Waals surface area (Å²) in [4.78, 5) is 4.22. The number of ether oxygens (including phenoxy) is 1. The average Bonchev–Trinajstić information content (AvgIpc) is 2.42. The Morgan fingerprint density at radius 3 is 2.76 bits per heavy atom. The first-order valence-corrected chi connectivity index (χ1v) is 7.94. The Morgan fingerprint density at radius 2 is 2.10 bits per heavy atom. The van der Waals surface area contributed by atoms with Gasteiger partial charge in [-0.1, -0.05) is 31.5 Å². The fraction of sp³-hybridized carbons (Fsp3) is 0.312. The molecule has 1 aromatic heterocycles. The molecule has 0 saturated carbocycles. The van der Waals surface area contributed by atoms with Crippen LogP contribution in [-0.4, -0.2) is 11.0 Å². The average molecular weight is 370 g/mol. The summed E-state index contributed by atoms with van der Waals surface area (Å²) in [7, 11) is 0. The van der Waals surface area contributed by atoms with E-state index in [-0.39, 0.29) is 0 Å². The lowest BCUT2D eigenvalue weighted by Crippen LogP contribution is -2.22. The molecule has 0 atom stereocenters. The summed E-state index contributed by atoms with van der Waals surface area (Å²) in [6, 6.07) is 8.18. The molecule has 0 radical (unpaired) electrons. The van der Waals surface area contributed by atoms with Crippen molar-refractivity contribution in [3.63, 3.8) is 0 Å². The van der Waals surface area contributed by atoms with E-state index in [9.17, 15) is 0 Å². The monoisotopic (exact) mass is 368 g/mol. The summed E-state index contributed by atoms with van der Waals surface area (Å²) in [6.45, 7) is 6.90. The predicted molar refractivity (Wildman–Crippen MR) is 90.2 cm³/mol. The summed E-state index contributed by atoms with van der Waals surface area (Å²) >= 11 is 9.66. The second-order valence-electron chi connectivity index (χ2n) is 5.19. The van der Waals surface area contributed by atoms with Crippen molar-refractivity contribution in [1.29, 1.82) is 0 Å². The number of nitrogens with zero attached hydrogens (tertiary/aromatic N) is 1. The number of benzene rings is 1. The van der Waals surface area contributed by atoms with E-state index in [1.165, 1.54) is 5.56 Å². The van der Waals surface area contributed by atoms with E-state index in [4.69, 9.17) is 16.3 Å². The molecule has 0 aliphatic carbocycles. The van der Waals surface area contributed by atoms with Crippen LogP contribution in [-0.2, 0) is 6.54 Å². The van der Waals surface area contributed by atoms with Gasteiger partial charge in [0, 0.05) is 24.8 Å². The Labute approximate surface area is 138 Å². The third-order valence-corrected chi connectivity index (χ3v) is 3.87. The number of rotatable bonds is 5. The van der Waals surface area contributed by atoms with Gasteiger partial charge < -0.3 is 10.1 Å². The number of nitrogens with one attached hydrogen (secondary N) is 1. The van der Waals surface area contributed by atoms with Crippen LogP contribution in [0.1, 0.15) is 25.0 Å². The van der Waals surface area contributed by atoms with Crippen molar-refractivity contribution in [3.8, 4) is 11.6 Å². The summed E-state index contributed by atoms with van der Waals surface area (Å²) in [5.74, 6) is 1.27. The Morgan fingerprint density at radius 1 is 1.33 bits per heavy atom. The van der Waals surface area contributed by atoms with E-state index in [2.05, 4.69) is 40.1 Å². The third-order valence-electron chi connectivity index (χ3n) is 2.91. The van der Waals surface area contributed by atoms with E-state index < -0.39 is 0 Å². The summed E-state index contributed by atoms with van der Waals surface area (Å²) in [5.41, 5.74) is 2.14. The smallest absolute Gasteiger partial charge is 0.219 e. The molecule has 0 amide bonds. The molecule has 0 aliphatic heterocycles. The largest absolute Gasteiger partial charge is 0.438 e. The maximum Gasteiger partial charge on any atom is 0.219 e. The SMILES string of the molecule is Cc1ccc(Oc2cc(CNC(C)C)c(Cl)cn2)c(Br)c1. The molecule has 0 saturated heterocycles. The van der Waals surface area contributed by atoms with Gasteiger partial charge in [0.15, 0.2) is 0 Å². The topological polar surface area (TPSA) is 34.1 Å². The first kappa shape index (κ1) is 16.3. The fourth-order valence-electron chi connectivity index (χ4n) is 1.77. The molecule has 21 heavy (non-hydrogen) atoms. The minimum absolute atomic E-state index is 0.393. The summed E-state index contributed by atoms with van der Waals surface area (Å²) in [5, 5.41) is 3.97. The third kappa shape index (κ3) is 4.70. The van der Waals surface area contributed by atoms with Crippen molar-refractivity contribution in [1.82, 2.24) is 10.3 Å². The molecule has 2 rings (SSSR count). The molecule has 5 heteroatoms. The van der Waals surface area contributed by atoms with Crippen molar-refractivity contribution in [2.24, 2.45) is 0 Å². The van der Waals surface area contributed by atoms with Crippen LogP contribution in [0.15, 0.2) is 34.9 Å². The highest BCUT2D eigenvalue weighted by Gasteiger charge is 2.08. The van der Waals surface area contributed by atoms with E-state index >= 15 is 0 Å². The lowest BCUT2D eigenvalue weighted by atomic mass is 10.2. The maximum absolute atomic E-state index is 6.17. The Bertz CT molecular complexity index is 632. The van der Waals surface area contributed by atoms with Gasteiger partial charge in [-0.2, -0.15) is 0 Å². The van der Waals surface area contributed by atoms with Crippen LogP contribution in [0.2, 0.25) is 5.02 Å². The molecule has 3 nitrogen and oxygen atoms in total. The maximum atomic E-state index is 6.17. The highest BCUT2D eigenvalue weighted by atomic mass is 79.9. The van der Waals surface area contributed by atoms with Crippen molar-refractivity contribution < 1.29 is 4.74 Å². The lowest BCUT2D eigenvalue weighted by molar-refractivity contribution is 0.458. The van der Waals surface area contributed by atoms with Gasteiger partial charge in [-0.25, -0.2) is 4.98 Å². The predicted octanol–water partition coefficient (Wildman–Crippen LogP) is 5.10. The van der Waals surface area contributed by atoms with Crippen LogP contribution in [0.25, 0.3) is 0 Å². The summed E-state index contributed by atoms with van der Waals surface area (Å²) < 4.78 is 6.73. The second kappa shape index (κ2) is 7.25. The van der Waals surface area contributed by atoms with Gasteiger partial charge in [-0.3, -0.25) is 0 Å². The molecule has 0 aliphatic rings. The first-order valence-electron chi connectivity index (χ1n) is 6.77. The van der Waals surface area contributed by atoms with Gasteiger partial charge in [0.05, 0.1) is 9.50 Å². The lowest BCUT2D eigenvalue weighted by Gasteiger charge is -2.12. The molecule has 0 bridgehead atoms. The zero-order chi connectivity index (χ0) is 15.4. The number of aromatic nitrogens is 1. The minimum atomic E-state index is 0.393. The molecule has 0 unspecified atom stereocenters. The van der Waals surface area contributed by atoms with Crippen LogP contribution in [0.3, 0.4) is 0 Å². The zero-order valence-corrected chi connectivity index (χ0v) is 14.6.